The van der Waals surface area contributed by atoms with Crippen LogP contribution in [-0.4, -0.2) is 8.42 Å². The number of benzene rings is 2. The molecule has 2 aromatic rings. The fourth-order valence-electron chi connectivity index (χ4n) is 1.62. The first-order valence-electron chi connectivity index (χ1n) is 5.85. The molecule has 5 heteroatoms. The Kier molecular flexibility index (Phi) is 5.40. The van der Waals surface area contributed by atoms with Gasteiger partial charge in [0.05, 0.1) is 5.75 Å². The molecule has 0 saturated heterocycles. The monoisotopic (exact) mass is 462 g/mol. The average molecular weight is 463 g/mol. The molecule has 0 aliphatic rings. The van der Waals surface area contributed by atoms with Gasteiger partial charge in [0.15, 0.2) is 9.84 Å². The van der Waals surface area contributed by atoms with Crippen molar-refractivity contribution in [3.8, 4) is 0 Å². The number of rotatable bonds is 4. The van der Waals surface area contributed by atoms with Crippen LogP contribution < -0.4 is 0 Å². The van der Waals surface area contributed by atoms with Gasteiger partial charge in [-0.1, -0.05) is 40.2 Å². The van der Waals surface area contributed by atoms with Gasteiger partial charge in [-0.05, 0) is 64.1 Å². The SMILES string of the molecule is O=S(=O)(C=Cc1ccc(I)cc1)Cc1ccc(Br)cc1. The predicted molar refractivity (Wildman–Crippen MR) is 95.0 cm³/mol. The third-order valence-electron chi connectivity index (χ3n) is 2.62. The van der Waals surface area contributed by atoms with Gasteiger partial charge < -0.3 is 0 Å². The Labute approximate surface area is 141 Å². The summed E-state index contributed by atoms with van der Waals surface area (Å²) < 4.78 is 26.1. The van der Waals surface area contributed by atoms with Crippen molar-refractivity contribution in [3.05, 3.63) is 73.1 Å². The Bertz CT molecular complexity index is 705. The maximum absolute atomic E-state index is 12.0. The van der Waals surface area contributed by atoms with E-state index in [1.165, 1.54) is 5.41 Å². The van der Waals surface area contributed by atoms with Crippen LogP contribution in [0, 0.1) is 3.57 Å². The molecule has 0 unspecified atom stereocenters. The third kappa shape index (κ3) is 5.03. The highest BCUT2D eigenvalue weighted by molar-refractivity contribution is 14.1. The van der Waals surface area contributed by atoms with E-state index < -0.39 is 9.84 Å². The molecule has 0 N–H and O–H groups in total. The van der Waals surface area contributed by atoms with Crippen molar-refractivity contribution in [3.63, 3.8) is 0 Å². The van der Waals surface area contributed by atoms with Crippen LogP contribution in [0.15, 0.2) is 58.4 Å². The van der Waals surface area contributed by atoms with Gasteiger partial charge in [0, 0.05) is 13.5 Å². The van der Waals surface area contributed by atoms with Gasteiger partial charge in [0.25, 0.3) is 0 Å². The van der Waals surface area contributed by atoms with E-state index in [9.17, 15) is 8.42 Å². The highest BCUT2D eigenvalue weighted by atomic mass is 127. The molecule has 0 spiro atoms. The summed E-state index contributed by atoms with van der Waals surface area (Å²) in [6.45, 7) is 0. The number of sulfone groups is 1. The lowest BCUT2D eigenvalue weighted by atomic mass is 10.2. The van der Waals surface area contributed by atoms with Crippen LogP contribution in [0.2, 0.25) is 0 Å². The summed E-state index contributed by atoms with van der Waals surface area (Å²) >= 11 is 5.54. The maximum Gasteiger partial charge on any atom is 0.175 e. The molecule has 0 fully saturated rings. The summed E-state index contributed by atoms with van der Waals surface area (Å²) in [4.78, 5) is 0. The van der Waals surface area contributed by atoms with Gasteiger partial charge in [-0.15, -0.1) is 0 Å². The molecule has 0 radical (unpaired) electrons. The largest absolute Gasteiger partial charge is 0.224 e. The van der Waals surface area contributed by atoms with Crippen LogP contribution in [0.4, 0.5) is 0 Å². The van der Waals surface area contributed by atoms with Crippen molar-refractivity contribution in [1.82, 2.24) is 0 Å². The van der Waals surface area contributed by atoms with Gasteiger partial charge in [-0.25, -0.2) is 8.42 Å². The minimum absolute atomic E-state index is 0.0150. The standard InChI is InChI=1S/C15H12BrIO2S/c16-14-5-1-13(2-6-14)11-20(18,19)10-9-12-3-7-15(17)8-4-12/h1-10H,11H2. The van der Waals surface area contributed by atoms with Crippen LogP contribution in [0.25, 0.3) is 6.08 Å². The normalized spacial score (nSPS) is 11.9. The van der Waals surface area contributed by atoms with Crippen LogP contribution in [0.1, 0.15) is 11.1 Å². The Morgan fingerprint density at radius 3 is 2.20 bits per heavy atom. The summed E-state index contributed by atoms with van der Waals surface area (Å²) in [5.41, 5.74) is 1.66. The van der Waals surface area contributed by atoms with E-state index in [4.69, 9.17) is 0 Å². The summed E-state index contributed by atoms with van der Waals surface area (Å²) in [6, 6.07) is 15.0. The predicted octanol–water partition coefficient (Wildman–Crippen LogP) is 4.64. The zero-order valence-corrected chi connectivity index (χ0v) is 15.0. The molecule has 0 aliphatic carbocycles. The minimum atomic E-state index is -3.25. The van der Waals surface area contributed by atoms with E-state index in [1.807, 2.05) is 36.4 Å². The molecule has 2 nitrogen and oxygen atoms in total. The van der Waals surface area contributed by atoms with Gasteiger partial charge in [-0.2, -0.15) is 0 Å². The second kappa shape index (κ2) is 6.87. The molecule has 104 valence electrons. The van der Waals surface area contributed by atoms with E-state index in [1.54, 1.807) is 18.2 Å². The topological polar surface area (TPSA) is 34.1 Å². The van der Waals surface area contributed by atoms with E-state index in [-0.39, 0.29) is 5.75 Å². The van der Waals surface area contributed by atoms with Crippen molar-refractivity contribution in [2.24, 2.45) is 0 Å². The highest BCUT2D eigenvalue weighted by Crippen LogP contribution is 2.15. The molecule has 0 heterocycles. The minimum Gasteiger partial charge on any atom is -0.224 e. The van der Waals surface area contributed by atoms with Crippen molar-refractivity contribution in [2.45, 2.75) is 5.75 Å². The quantitative estimate of drug-likeness (QED) is 0.620. The van der Waals surface area contributed by atoms with Crippen LogP contribution >= 0.6 is 38.5 Å². The molecular formula is C15H12BrIO2S. The first-order valence-corrected chi connectivity index (χ1v) is 9.44. The maximum atomic E-state index is 12.0. The lowest BCUT2D eigenvalue weighted by molar-refractivity contribution is 0.604. The van der Waals surface area contributed by atoms with Crippen LogP contribution in [0.5, 0.6) is 0 Å². The fraction of sp³-hybridized carbons (Fsp3) is 0.0667. The first-order chi connectivity index (χ1) is 9.44. The van der Waals surface area contributed by atoms with Crippen molar-refractivity contribution in [1.29, 1.82) is 0 Å². The molecule has 2 rings (SSSR count). The molecule has 2 aromatic carbocycles. The van der Waals surface area contributed by atoms with Crippen LogP contribution in [0.3, 0.4) is 0 Å². The van der Waals surface area contributed by atoms with Gasteiger partial charge in [-0.3, -0.25) is 0 Å². The van der Waals surface area contributed by atoms with Gasteiger partial charge in [0.2, 0.25) is 0 Å². The van der Waals surface area contributed by atoms with Gasteiger partial charge in [0.1, 0.15) is 0 Å². The van der Waals surface area contributed by atoms with E-state index in [2.05, 4.69) is 38.5 Å². The Morgan fingerprint density at radius 1 is 1.00 bits per heavy atom. The molecular weight excluding hydrogens is 451 g/mol. The molecule has 20 heavy (non-hydrogen) atoms. The Balaban J connectivity index is 2.11. The summed E-state index contributed by atoms with van der Waals surface area (Å²) in [5.74, 6) is 0.0150. The molecule has 0 bridgehead atoms. The smallest absolute Gasteiger partial charge is 0.175 e. The van der Waals surface area contributed by atoms with E-state index >= 15 is 0 Å². The van der Waals surface area contributed by atoms with E-state index in [0.29, 0.717) is 0 Å². The average Bonchev–Trinajstić information content (AvgIpc) is 2.41. The second-order valence-corrected chi connectivity index (χ2v) is 8.34. The van der Waals surface area contributed by atoms with Crippen molar-refractivity contribution in [2.75, 3.05) is 0 Å². The number of hydrogen-bond acceptors (Lipinski definition) is 2. The number of hydrogen-bond donors (Lipinski definition) is 0. The molecule has 0 aromatic heterocycles. The zero-order chi connectivity index (χ0) is 14.6. The number of halogens is 2. The van der Waals surface area contributed by atoms with E-state index in [0.717, 1.165) is 19.2 Å². The molecule has 0 saturated carbocycles. The van der Waals surface area contributed by atoms with Crippen molar-refractivity contribution < 1.29 is 8.42 Å². The molecule has 0 atom stereocenters. The molecule has 0 amide bonds. The summed E-state index contributed by atoms with van der Waals surface area (Å²) in [7, 11) is -3.25. The lowest BCUT2D eigenvalue weighted by Gasteiger charge is -2.00. The Hall–Kier alpha value is -0.660. The zero-order valence-electron chi connectivity index (χ0n) is 10.5. The molecule has 0 aliphatic heterocycles. The fourth-order valence-corrected chi connectivity index (χ4v) is 3.36. The summed E-state index contributed by atoms with van der Waals surface area (Å²) in [5, 5.41) is 1.28. The van der Waals surface area contributed by atoms with Gasteiger partial charge >= 0.3 is 0 Å². The second-order valence-electron chi connectivity index (χ2n) is 4.29. The first kappa shape index (κ1) is 15.7. The lowest BCUT2D eigenvalue weighted by Crippen LogP contribution is -1.99. The highest BCUT2D eigenvalue weighted by Gasteiger charge is 2.07. The Morgan fingerprint density at radius 2 is 1.60 bits per heavy atom. The van der Waals surface area contributed by atoms with Crippen molar-refractivity contribution >= 4 is 54.4 Å². The summed E-state index contributed by atoms with van der Waals surface area (Å²) in [6.07, 6.45) is 1.63. The van der Waals surface area contributed by atoms with Crippen LogP contribution in [-0.2, 0) is 15.6 Å². The third-order valence-corrected chi connectivity index (χ3v) is 5.15.